The van der Waals surface area contributed by atoms with Crippen LogP contribution in [-0.4, -0.2) is 53.1 Å². The van der Waals surface area contributed by atoms with Gasteiger partial charge in [-0.1, -0.05) is 6.92 Å². The van der Waals surface area contributed by atoms with E-state index < -0.39 is 0 Å². The lowest BCUT2D eigenvalue weighted by Crippen LogP contribution is -2.55. The summed E-state index contributed by atoms with van der Waals surface area (Å²) >= 11 is 0. The summed E-state index contributed by atoms with van der Waals surface area (Å²) in [5.41, 5.74) is 1.04. The molecule has 2 fully saturated rings. The van der Waals surface area contributed by atoms with Crippen LogP contribution in [-0.2, 0) is 6.54 Å². The minimum Gasteiger partial charge on any atom is -0.350 e. The van der Waals surface area contributed by atoms with Crippen LogP contribution in [0, 0.1) is 0 Å². The molecule has 1 N–H and O–H groups in total. The number of nitrogens with one attached hydrogen (secondary N) is 1. The van der Waals surface area contributed by atoms with E-state index in [1.807, 2.05) is 12.4 Å². The highest BCUT2D eigenvalue weighted by Crippen LogP contribution is 2.27. The van der Waals surface area contributed by atoms with Gasteiger partial charge in [-0.25, -0.2) is 4.98 Å². The van der Waals surface area contributed by atoms with Crippen molar-refractivity contribution in [3.05, 3.63) is 18.1 Å². The number of hydrogen-bond donors (Lipinski definition) is 1. The number of anilines is 1. The second kappa shape index (κ2) is 6.71. The van der Waals surface area contributed by atoms with E-state index in [0.29, 0.717) is 12.1 Å². The van der Waals surface area contributed by atoms with E-state index >= 15 is 0 Å². The zero-order valence-corrected chi connectivity index (χ0v) is 13.3. The average Bonchev–Trinajstić information content (AvgIpc) is 2.94. The van der Waals surface area contributed by atoms with Gasteiger partial charge >= 0.3 is 0 Å². The Morgan fingerprint density at radius 3 is 3.10 bits per heavy atom. The monoisotopic (exact) mass is 289 g/mol. The summed E-state index contributed by atoms with van der Waals surface area (Å²) in [6, 6.07) is 1.23. The largest absolute Gasteiger partial charge is 0.350 e. The van der Waals surface area contributed by atoms with Gasteiger partial charge in [-0.2, -0.15) is 0 Å². The molecular weight excluding hydrogens is 262 g/mol. The van der Waals surface area contributed by atoms with Crippen LogP contribution in [0.25, 0.3) is 0 Å². The fourth-order valence-electron chi connectivity index (χ4n) is 3.52. The number of hydrogen-bond acceptors (Lipinski definition) is 5. The Balaban J connectivity index is 1.69. The molecule has 3 heterocycles. The Labute approximate surface area is 127 Å². The maximum Gasteiger partial charge on any atom is 0.147 e. The summed E-state index contributed by atoms with van der Waals surface area (Å²) in [4.78, 5) is 14.3. The predicted octanol–water partition coefficient (Wildman–Crippen LogP) is 1.65. The summed E-state index contributed by atoms with van der Waals surface area (Å²) in [6.45, 7) is 9.85. The number of piperazine rings is 1. The third kappa shape index (κ3) is 3.35. The standard InChI is InChI=1S/C16H27N5/c1-3-6-17-8-14-9-18-10-16(19-14)21-12-15-5-4-7-20(15)11-13(21)2/h9-10,13,15,17H,3-8,11-12H2,1-2H3. The molecule has 0 aliphatic carbocycles. The van der Waals surface area contributed by atoms with Gasteiger partial charge in [0.15, 0.2) is 0 Å². The Kier molecular flexibility index (Phi) is 4.70. The fourth-order valence-corrected chi connectivity index (χ4v) is 3.52. The zero-order chi connectivity index (χ0) is 14.7. The lowest BCUT2D eigenvalue weighted by Gasteiger charge is -2.42. The van der Waals surface area contributed by atoms with Gasteiger partial charge in [-0.15, -0.1) is 0 Å². The third-order valence-electron chi connectivity index (χ3n) is 4.64. The van der Waals surface area contributed by atoms with Crippen LogP contribution in [0.5, 0.6) is 0 Å². The van der Waals surface area contributed by atoms with Crippen LogP contribution < -0.4 is 10.2 Å². The van der Waals surface area contributed by atoms with Gasteiger partial charge in [-0.05, 0) is 39.3 Å². The first-order valence-corrected chi connectivity index (χ1v) is 8.30. The van der Waals surface area contributed by atoms with Gasteiger partial charge in [0.2, 0.25) is 0 Å². The summed E-state index contributed by atoms with van der Waals surface area (Å²) in [6.07, 6.45) is 7.62. The SMILES string of the molecule is CCCNCc1cncc(N2CC3CCCN3CC2C)n1. The lowest BCUT2D eigenvalue weighted by molar-refractivity contribution is 0.202. The van der Waals surface area contributed by atoms with Crippen molar-refractivity contribution in [2.75, 3.05) is 31.1 Å². The maximum atomic E-state index is 4.82. The van der Waals surface area contributed by atoms with Crippen molar-refractivity contribution < 1.29 is 0 Å². The average molecular weight is 289 g/mol. The van der Waals surface area contributed by atoms with Crippen molar-refractivity contribution in [2.45, 2.75) is 51.7 Å². The molecule has 0 saturated carbocycles. The summed E-state index contributed by atoms with van der Waals surface area (Å²) in [5.74, 6) is 1.05. The quantitative estimate of drug-likeness (QED) is 0.835. The van der Waals surface area contributed by atoms with Crippen molar-refractivity contribution in [2.24, 2.45) is 0 Å². The molecule has 116 valence electrons. The van der Waals surface area contributed by atoms with Crippen molar-refractivity contribution in [3.63, 3.8) is 0 Å². The number of nitrogens with zero attached hydrogens (tertiary/aromatic N) is 4. The highest BCUT2D eigenvalue weighted by Gasteiger charge is 2.34. The Bertz CT molecular complexity index is 464. The van der Waals surface area contributed by atoms with Crippen LogP contribution in [0.1, 0.15) is 38.8 Å². The van der Waals surface area contributed by atoms with Crippen LogP contribution in [0.4, 0.5) is 5.82 Å². The molecule has 3 rings (SSSR count). The molecule has 2 aliphatic heterocycles. The Morgan fingerprint density at radius 2 is 2.24 bits per heavy atom. The number of fused-ring (bicyclic) bond motifs is 1. The van der Waals surface area contributed by atoms with Crippen LogP contribution in [0.15, 0.2) is 12.4 Å². The minimum atomic E-state index is 0.521. The molecule has 0 aromatic carbocycles. The molecule has 0 amide bonds. The second-order valence-electron chi connectivity index (χ2n) is 6.34. The van der Waals surface area contributed by atoms with E-state index in [-0.39, 0.29) is 0 Å². The van der Waals surface area contributed by atoms with Gasteiger partial charge in [-0.3, -0.25) is 9.88 Å². The molecule has 2 unspecified atom stereocenters. The molecule has 2 atom stereocenters. The highest BCUT2D eigenvalue weighted by atomic mass is 15.3. The van der Waals surface area contributed by atoms with Crippen molar-refractivity contribution >= 4 is 5.82 Å². The molecule has 5 nitrogen and oxygen atoms in total. The topological polar surface area (TPSA) is 44.3 Å². The van der Waals surface area contributed by atoms with Crippen LogP contribution >= 0.6 is 0 Å². The molecule has 0 bridgehead atoms. The number of rotatable bonds is 5. The normalized spacial score (nSPS) is 26.1. The molecule has 2 saturated heterocycles. The van der Waals surface area contributed by atoms with E-state index in [1.54, 1.807) is 0 Å². The van der Waals surface area contributed by atoms with E-state index in [4.69, 9.17) is 4.98 Å². The van der Waals surface area contributed by atoms with E-state index in [1.165, 1.54) is 19.4 Å². The molecule has 1 aromatic heterocycles. The Morgan fingerprint density at radius 1 is 1.33 bits per heavy atom. The Hall–Kier alpha value is -1.20. The van der Waals surface area contributed by atoms with Gasteiger partial charge in [0, 0.05) is 37.9 Å². The summed E-state index contributed by atoms with van der Waals surface area (Å²) < 4.78 is 0. The lowest BCUT2D eigenvalue weighted by atomic mass is 10.1. The first-order valence-electron chi connectivity index (χ1n) is 8.30. The van der Waals surface area contributed by atoms with Crippen molar-refractivity contribution in [1.29, 1.82) is 0 Å². The van der Waals surface area contributed by atoms with Crippen molar-refractivity contribution in [1.82, 2.24) is 20.2 Å². The zero-order valence-electron chi connectivity index (χ0n) is 13.3. The summed E-state index contributed by atoms with van der Waals surface area (Å²) in [5, 5.41) is 3.40. The van der Waals surface area contributed by atoms with E-state index in [9.17, 15) is 0 Å². The van der Waals surface area contributed by atoms with Gasteiger partial charge < -0.3 is 10.2 Å². The van der Waals surface area contributed by atoms with Gasteiger partial charge in [0.05, 0.1) is 11.9 Å². The number of aromatic nitrogens is 2. The first kappa shape index (κ1) is 14.7. The molecule has 1 aromatic rings. The smallest absolute Gasteiger partial charge is 0.147 e. The van der Waals surface area contributed by atoms with Gasteiger partial charge in [0.25, 0.3) is 0 Å². The third-order valence-corrected chi connectivity index (χ3v) is 4.64. The maximum absolute atomic E-state index is 4.82. The minimum absolute atomic E-state index is 0.521. The molecule has 0 radical (unpaired) electrons. The fraction of sp³-hybridized carbons (Fsp3) is 0.750. The highest BCUT2D eigenvalue weighted by molar-refractivity contribution is 5.39. The van der Waals surface area contributed by atoms with Gasteiger partial charge in [0.1, 0.15) is 5.82 Å². The molecule has 0 spiro atoms. The van der Waals surface area contributed by atoms with E-state index in [2.05, 4.69) is 33.9 Å². The van der Waals surface area contributed by atoms with Crippen LogP contribution in [0.2, 0.25) is 0 Å². The molecule has 5 heteroatoms. The van der Waals surface area contributed by atoms with Crippen molar-refractivity contribution in [3.8, 4) is 0 Å². The second-order valence-corrected chi connectivity index (χ2v) is 6.34. The van der Waals surface area contributed by atoms with Crippen LogP contribution in [0.3, 0.4) is 0 Å². The summed E-state index contributed by atoms with van der Waals surface area (Å²) in [7, 11) is 0. The molecule has 21 heavy (non-hydrogen) atoms. The predicted molar refractivity (Wildman–Crippen MR) is 85.4 cm³/mol. The molecule has 2 aliphatic rings. The molecular formula is C16H27N5. The first-order chi connectivity index (χ1) is 10.3. The van der Waals surface area contributed by atoms with E-state index in [0.717, 1.165) is 44.1 Å².